The first-order valence-corrected chi connectivity index (χ1v) is 12.2. The fraction of sp³-hybridized carbons (Fsp3) is 0.367. The molecule has 2 atom stereocenters. The summed E-state index contributed by atoms with van der Waals surface area (Å²) >= 11 is 0. The third-order valence-corrected chi connectivity index (χ3v) is 6.56. The second-order valence-electron chi connectivity index (χ2n) is 9.05. The highest BCUT2D eigenvalue weighted by Crippen LogP contribution is 2.36. The molecule has 0 unspecified atom stereocenters. The molecule has 5 nitrogen and oxygen atoms in total. The Morgan fingerprint density at radius 3 is 2.11 bits per heavy atom. The third-order valence-electron chi connectivity index (χ3n) is 6.56. The second kappa shape index (κ2) is 13.0. The molecule has 3 aromatic rings. The van der Waals surface area contributed by atoms with Crippen LogP contribution >= 0.6 is 0 Å². The maximum Gasteiger partial charge on any atom is 0.303 e. The number of aliphatic hydroxyl groups is 1. The van der Waals surface area contributed by atoms with Crippen molar-refractivity contribution in [3.8, 4) is 11.5 Å². The van der Waals surface area contributed by atoms with E-state index in [1.54, 1.807) is 14.2 Å². The SMILES string of the molecule is COc1cc([C@@H](O)[C@@H](CCCc2ccccc2)Cc2cccc(CCC(=O)O)c2)cc(OC)c1C. The van der Waals surface area contributed by atoms with E-state index in [2.05, 4.69) is 36.4 Å². The lowest BCUT2D eigenvalue weighted by Gasteiger charge is -2.25. The Balaban J connectivity index is 1.83. The molecule has 3 rings (SSSR count). The minimum Gasteiger partial charge on any atom is -0.496 e. The molecule has 0 saturated carbocycles. The van der Waals surface area contributed by atoms with E-state index in [0.717, 1.165) is 41.5 Å². The molecule has 0 fully saturated rings. The van der Waals surface area contributed by atoms with Crippen LogP contribution in [0.2, 0.25) is 0 Å². The molecule has 186 valence electrons. The van der Waals surface area contributed by atoms with Gasteiger partial charge in [-0.15, -0.1) is 0 Å². The number of hydrogen-bond acceptors (Lipinski definition) is 4. The lowest BCUT2D eigenvalue weighted by atomic mass is 9.84. The summed E-state index contributed by atoms with van der Waals surface area (Å²) in [6.07, 6.45) is 3.33. The van der Waals surface area contributed by atoms with Gasteiger partial charge >= 0.3 is 5.97 Å². The van der Waals surface area contributed by atoms with Crippen LogP contribution in [0.4, 0.5) is 0 Å². The third kappa shape index (κ3) is 7.59. The summed E-state index contributed by atoms with van der Waals surface area (Å²) in [5.74, 6) is 0.562. The number of rotatable bonds is 13. The normalized spacial score (nSPS) is 12.7. The molecule has 0 radical (unpaired) electrons. The number of carbonyl (C=O) groups is 1. The molecule has 0 aliphatic rings. The summed E-state index contributed by atoms with van der Waals surface area (Å²) in [6, 6.07) is 22.2. The fourth-order valence-corrected chi connectivity index (χ4v) is 4.60. The molecule has 5 heteroatoms. The molecular formula is C30H36O5. The molecule has 0 aromatic heterocycles. The summed E-state index contributed by atoms with van der Waals surface area (Å²) in [5.41, 5.74) is 5.06. The van der Waals surface area contributed by atoms with E-state index in [-0.39, 0.29) is 12.3 Å². The number of benzene rings is 3. The lowest BCUT2D eigenvalue weighted by Crippen LogP contribution is -2.17. The molecule has 0 spiro atoms. The first-order chi connectivity index (χ1) is 16.9. The number of aliphatic hydroxyl groups excluding tert-OH is 1. The molecule has 35 heavy (non-hydrogen) atoms. The van der Waals surface area contributed by atoms with Gasteiger partial charge < -0.3 is 19.7 Å². The molecule has 0 saturated heterocycles. The topological polar surface area (TPSA) is 76.0 Å². The van der Waals surface area contributed by atoms with Crippen molar-refractivity contribution in [1.82, 2.24) is 0 Å². The van der Waals surface area contributed by atoms with Crippen LogP contribution in [0, 0.1) is 12.8 Å². The van der Waals surface area contributed by atoms with E-state index in [0.29, 0.717) is 24.3 Å². The van der Waals surface area contributed by atoms with Crippen LogP contribution in [-0.2, 0) is 24.1 Å². The summed E-state index contributed by atoms with van der Waals surface area (Å²) < 4.78 is 11.1. The minimum absolute atomic E-state index is 0.0226. The van der Waals surface area contributed by atoms with Gasteiger partial charge in [-0.1, -0.05) is 54.6 Å². The Bertz CT molecular complexity index is 1070. The average molecular weight is 477 g/mol. The van der Waals surface area contributed by atoms with E-state index in [1.807, 2.05) is 37.3 Å². The van der Waals surface area contributed by atoms with Crippen LogP contribution in [-0.4, -0.2) is 30.4 Å². The predicted octanol–water partition coefficient (Wildman–Crippen LogP) is 5.94. The van der Waals surface area contributed by atoms with Gasteiger partial charge in [-0.05, 0) is 79.3 Å². The Kier molecular flexibility index (Phi) is 9.74. The van der Waals surface area contributed by atoms with Crippen LogP contribution in [0.3, 0.4) is 0 Å². The van der Waals surface area contributed by atoms with Crippen molar-refractivity contribution in [2.45, 2.75) is 51.6 Å². The van der Waals surface area contributed by atoms with Crippen molar-refractivity contribution in [1.29, 1.82) is 0 Å². The highest BCUT2D eigenvalue weighted by molar-refractivity contribution is 5.67. The van der Waals surface area contributed by atoms with Crippen LogP contribution in [0.5, 0.6) is 11.5 Å². The molecule has 3 aromatic carbocycles. The average Bonchev–Trinajstić information content (AvgIpc) is 2.87. The van der Waals surface area contributed by atoms with Crippen molar-refractivity contribution < 1.29 is 24.5 Å². The van der Waals surface area contributed by atoms with Crippen molar-refractivity contribution in [3.05, 3.63) is 94.5 Å². The molecule has 0 aliphatic heterocycles. The molecule has 2 N–H and O–H groups in total. The van der Waals surface area contributed by atoms with Gasteiger partial charge in [-0.2, -0.15) is 0 Å². The van der Waals surface area contributed by atoms with Gasteiger partial charge in [-0.25, -0.2) is 0 Å². The van der Waals surface area contributed by atoms with E-state index < -0.39 is 12.1 Å². The van der Waals surface area contributed by atoms with Gasteiger partial charge in [0.2, 0.25) is 0 Å². The van der Waals surface area contributed by atoms with E-state index in [4.69, 9.17) is 14.6 Å². The quantitative estimate of drug-likeness (QED) is 0.319. The highest BCUT2D eigenvalue weighted by atomic mass is 16.5. The van der Waals surface area contributed by atoms with Gasteiger partial charge in [0.15, 0.2) is 0 Å². The van der Waals surface area contributed by atoms with Crippen LogP contribution < -0.4 is 9.47 Å². The zero-order chi connectivity index (χ0) is 25.2. The molecule has 0 aliphatic carbocycles. The smallest absolute Gasteiger partial charge is 0.303 e. The van der Waals surface area contributed by atoms with Crippen molar-refractivity contribution in [3.63, 3.8) is 0 Å². The first kappa shape index (κ1) is 26.3. The van der Waals surface area contributed by atoms with E-state index in [9.17, 15) is 9.90 Å². The number of hydrogen-bond donors (Lipinski definition) is 2. The van der Waals surface area contributed by atoms with Gasteiger partial charge in [0.1, 0.15) is 11.5 Å². The summed E-state index contributed by atoms with van der Waals surface area (Å²) in [6.45, 7) is 1.94. The summed E-state index contributed by atoms with van der Waals surface area (Å²) in [5, 5.41) is 20.6. The lowest BCUT2D eigenvalue weighted by molar-refractivity contribution is -0.136. The Morgan fingerprint density at radius 1 is 0.857 bits per heavy atom. The van der Waals surface area contributed by atoms with Crippen molar-refractivity contribution in [2.24, 2.45) is 5.92 Å². The summed E-state index contributed by atoms with van der Waals surface area (Å²) in [7, 11) is 3.25. The Labute approximate surface area is 208 Å². The van der Waals surface area contributed by atoms with Crippen LogP contribution in [0.1, 0.15) is 53.2 Å². The minimum atomic E-state index is -0.799. The van der Waals surface area contributed by atoms with E-state index in [1.165, 1.54) is 5.56 Å². The van der Waals surface area contributed by atoms with E-state index >= 15 is 0 Å². The number of carboxylic acids is 1. The summed E-state index contributed by atoms with van der Waals surface area (Å²) in [4.78, 5) is 11.0. The van der Waals surface area contributed by atoms with Gasteiger partial charge in [0, 0.05) is 12.0 Å². The zero-order valence-corrected chi connectivity index (χ0v) is 20.9. The Hall–Kier alpha value is -3.31. The first-order valence-electron chi connectivity index (χ1n) is 12.2. The second-order valence-corrected chi connectivity index (χ2v) is 9.05. The number of methoxy groups -OCH3 is 2. The maximum atomic E-state index is 11.5. The van der Waals surface area contributed by atoms with Gasteiger partial charge in [0.05, 0.1) is 20.3 Å². The number of aryl methyl sites for hydroxylation is 2. The fourth-order valence-electron chi connectivity index (χ4n) is 4.60. The standard InChI is InChI=1S/C30H36O5/c1-21-27(34-2)19-26(20-28(21)35-3)30(33)25(14-8-11-22-9-5-4-6-10-22)18-24-13-7-12-23(17-24)15-16-29(31)32/h4-7,9-10,12-13,17,19-20,25,30,33H,8,11,14-16,18H2,1-3H3,(H,31,32)/t25-,30-/m0/s1. The largest absolute Gasteiger partial charge is 0.496 e. The zero-order valence-electron chi connectivity index (χ0n) is 20.9. The monoisotopic (exact) mass is 476 g/mol. The van der Waals surface area contributed by atoms with Crippen LogP contribution in [0.15, 0.2) is 66.7 Å². The van der Waals surface area contributed by atoms with Crippen molar-refractivity contribution in [2.75, 3.05) is 14.2 Å². The molecule has 0 bridgehead atoms. The Morgan fingerprint density at radius 2 is 1.49 bits per heavy atom. The highest BCUT2D eigenvalue weighted by Gasteiger charge is 2.24. The number of ether oxygens (including phenoxy) is 2. The predicted molar refractivity (Wildman–Crippen MR) is 138 cm³/mol. The van der Waals surface area contributed by atoms with Crippen LogP contribution in [0.25, 0.3) is 0 Å². The van der Waals surface area contributed by atoms with Gasteiger partial charge in [0.25, 0.3) is 0 Å². The van der Waals surface area contributed by atoms with Gasteiger partial charge in [-0.3, -0.25) is 4.79 Å². The number of aliphatic carboxylic acids is 1. The maximum absolute atomic E-state index is 11.5. The molecule has 0 amide bonds. The van der Waals surface area contributed by atoms with Crippen molar-refractivity contribution >= 4 is 5.97 Å². The molecule has 0 heterocycles. The number of carboxylic acid groups (broad SMARTS) is 1. The molecular weight excluding hydrogens is 440 g/mol.